The van der Waals surface area contributed by atoms with Crippen molar-refractivity contribution in [3.05, 3.63) is 65.7 Å². The Hall–Kier alpha value is -1.76. The van der Waals surface area contributed by atoms with Crippen LogP contribution < -0.4 is 15.4 Å². The van der Waals surface area contributed by atoms with E-state index in [9.17, 15) is 0 Å². The summed E-state index contributed by atoms with van der Waals surface area (Å²) in [6, 6.07) is 18.6. The maximum absolute atomic E-state index is 5.75. The fraction of sp³-hybridized carbons (Fsp3) is 0.316. The number of ether oxygens (including phenoxy) is 1. The number of para-hydroxylation sites is 1. The monoisotopic (exact) mass is 439 g/mol. The number of benzene rings is 2. The van der Waals surface area contributed by atoms with E-state index in [-0.39, 0.29) is 24.0 Å². The zero-order valence-corrected chi connectivity index (χ0v) is 16.8. The van der Waals surface area contributed by atoms with Crippen LogP contribution in [0.25, 0.3) is 0 Å². The Bertz CT molecular complexity index is 612. The highest BCUT2D eigenvalue weighted by molar-refractivity contribution is 14.0. The molecule has 0 atom stereocenters. The zero-order chi connectivity index (χ0) is 16.5. The SMILES string of the molecule is CN=C(NCc1ccc(COc2ccccc2)cc1)NC(C)C.I. The molecule has 0 saturated heterocycles. The van der Waals surface area contributed by atoms with Crippen molar-refractivity contribution < 1.29 is 4.74 Å². The summed E-state index contributed by atoms with van der Waals surface area (Å²) >= 11 is 0. The fourth-order valence-corrected chi connectivity index (χ4v) is 2.09. The molecule has 0 saturated carbocycles. The summed E-state index contributed by atoms with van der Waals surface area (Å²) in [5, 5.41) is 6.57. The van der Waals surface area contributed by atoms with E-state index in [0.717, 1.165) is 23.8 Å². The Labute approximate surface area is 161 Å². The normalized spacial score (nSPS) is 10.9. The van der Waals surface area contributed by atoms with Gasteiger partial charge in [-0.15, -0.1) is 24.0 Å². The highest BCUT2D eigenvalue weighted by atomic mass is 127. The van der Waals surface area contributed by atoms with Gasteiger partial charge in [-0.05, 0) is 37.1 Å². The third-order valence-corrected chi connectivity index (χ3v) is 3.28. The molecule has 0 aliphatic carbocycles. The Morgan fingerprint density at radius 1 is 1.00 bits per heavy atom. The van der Waals surface area contributed by atoms with Crippen molar-refractivity contribution in [2.75, 3.05) is 7.05 Å². The number of aliphatic imine (C=N–C) groups is 1. The summed E-state index contributed by atoms with van der Waals surface area (Å²) in [7, 11) is 1.78. The van der Waals surface area contributed by atoms with Crippen LogP contribution in [0.5, 0.6) is 5.75 Å². The summed E-state index contributed by atoms with van der Waals surface area (Å²) in [6.45, 7) is 5.50. The van der Waals surface area contributed by atoms with Crippen LogP contribution in [0.15, 0.2) is 59.6 Å². The van der Waals surface area contributed by atoms with Crippen molar-refractivity contribution >= 4 is 29.9 Å². The van der Waals surface area contributed by atoms with Crippen LogP contribution in [0, 0.1) is 0 Å². The van der Waals surface area contributed by atoms with Crippen LogP contribution in [-0.4, -0.2) is 19.0 Å². The Morgan fingerprint density at radius 2 is 1.62 bits per heavy atom. The molecule has 130 valence electrons. The van der Waals surface area contributed by atoms with Gasteiger partial charge in [0.25, 0.3) is 0 Å². The van der Waals surface area contributed by atoms with Crippen molar-refractivity contribution in [1.29, 1.82) is 0 Å². The first-order valence-electron chi connectivity index (χ1n) is 7.90. The van der Waals surface area contributed by atoms with Gasteiger partial charge in [-0.25, -0.2) is 0 Å². The predicted molar refractivity (Wildman–Crippen MR) is 111 cm³/mol. The Balaban J connectivity index is 0.00000288. The molecule has 0 spiro atoms. The summed E-state index contributed by atoms with van der Waals surface area (Å²) in [4.78, 5) is 4.20. The molecule has 2 aromatic rings. The number of hydrogen-bond donors (Lipinski definition) is 2. The average molecular weight is 439 g/mol. The lowest BCUT2D eigenvalue weighted by atomic mass is 10.1. The van der Waals surface area contributed by atoms with Gasteiger partial charge < -0.3 is 15.4 Å². The zero-order valence-electron chi connectivity index (χ0n) is 14.5. The molecule has 2 aromatic carbocycles. The fourth-order valence-electron chi connectivity index (χ4n) is 2.09. The molecule has 0 amide bonds. The molecule has 0 fully saturated rings. The quantitative estimate of drug-likeness (QED) is 0.407. The minimum Gasteiger partial charge on any atom is -0.489 e. The molecule has 5 heteroatoms. The van der Waals surface area contributed by atoms with Gasteiger partial charge in [0.05, 0.1) is 0 Å². The van der Waals surface area contributed by atoms with E-state index >= 15 is 0 Å². The van der Waals surface area contributed by atoms with E-state index < -0.39 is 0 Å². The summed E-state index contributed by atoms with van der Waals surface area (Å²) in [5.41, 5.74) is 2.36. The van der Waals surface area contributed by atoms with Gasteiger partial charge in [0.15, 0.2) is 5.96 Å². The second kappa shape index (κ2) is 10.9. The standard InChI is InChI=1S/C19H25N3O.HI/c1-15(2)22-19(20-3)21-13-16-9-11-17(12-10-16)14-23-18-7-5-4-6-8-18;/h4-12,15H,13-14H2,1-3H3,(H2,20,21,22);1H. The van der Waals surface area contributed by atoms with Crippen molar-refractivity contribution in [1.82, 2.24) is 10.6 Å². The van der Waals surface area contributed by atoms with Crippen molar-refractivity contribution in [3.63, 3.8) is 0 Å². The van der Waals surface area contributed by atoms with Gasteiger partial charge in [-0.3, -0.25) is 4.99 Å². The largest absolute Gasteiger partial charge is 0.489 e. The van der Waals surface area contributed by atoms with Crippen LogP contribution in [0.3, 0.4) is 0 Å². The van der Waals surface area contributed by atoms with Gasteiger partial charge in [0, 0.05) is 19.6 Å². The highest BCUT2D eigenvalue weighted by Gasteiger charge is 2.01. The van der Waals surface area contributed by atoms with Crippen molar-refractivity contribution in [2.45, 2.75) is 33.0 Å². The minimum atomic E-state index is 0. The molecule has 4 nitrogen and oxygen atoms in total. The lowest BCUT2D eigenvalue weighted by Crippen LogP contribution is -2.40. The first-order valence-corrected chi connectivity index (χ1v) is 7.90. The molecule has 0 heterocycles. The number of nitrogens with zero attached hydrogens (tertiary/aromatic N) is 1. The van der Waals surface area contributed by atoms with Gasteiger partial charge in [0.2, 0.25) is 0 Å². The maximum atomic E-state index is 5.75. The lowest BCUT2D eigenvalue weighted by Gasteiger charge is -2.14. The minimum absolute atomic E-state index is 0. The van der Waals surface area contributed by atoms with Crippen LogP contribution >= 0.6 is 24.0 Å². The molecule has 0 aliphatic heterocycles. The third-order valence-electron chi connectivity index (χ3n) is 3.28. The summed E-state index contributed by atoms with van der Waals surface area (Å²) in [5.74, 6) is 1.71. The van der Waals surface area contributed by atoms with Gasteiger partial charge in [0.1, 0.15) is 12.4 Å². The smallest absolute Gasteiger partial charge is 0.191 e. The molecule has 0 bridgehead atoms. The molecule has 0 aliphatic rings. The van der Waals surface area contributed by atoms with E-state index in [4.69, 9.17) is 4.74 Å². The van der Waals surface area contributed by atoms with Crippen LogP contribution in [0.2, 0.25) is 0 Å². The Kier molecular flexibility index (Phi) is 9.22. The molecule has 0 aromatic heterocycles. The first-order chi connectivity index (χ1) is 11.2. The van der Waals surface area contributed by atoms with Gasteiger partial charge in [-0.2, -0.15) is 0 Å². The first kappa shape index (κ1) is 20.3. The van der Waals surface area contributed by atoms with Crippen molar-refractivity contribution in [3.8, 4) is 5.75 Å². The van der Waals surface area contributed by atoms with E-state index in [1.807, 2.05) is 30.3 Å². The second-order valence-electron chi connectivity index (χ2n) is 5.64. The Morgan fingerprint density at radius 3 is 2.21 bits per heavy atom. The van der Waals surface area contributed by atoms with E-state index in [1.54, 1.807) is 7.05 Å². The van der Waals surface area contributed by atoms with E-state index in [1.165, 1.54) is 5.56 Å². The van der Waals surface area contributed by atoms with Crippen LogP contribution in [-0.2, 0) is 13.2 Å². The van der Waals surface area contributed by atoms with Gasteiger partial charge >= 0.3 is 0 Å². The summed E-state index contributed by atoms with van der Waals surface area (Å²) in [6.07, 6.45) is 0. The predicted octanol–water partition coefficient (Wildman–Crippen LogP) is 3.96. The van der Waals surface area contributed by atoms with Crippen LogP contribution in [0.4, 0.5) is 0 Å². The number of rotatable bonds is 6. The molecular formula is C19H26IN3O. The summed E-state index contributed by atoms with van der Waals surface area (Å²) < 4.78 is 5.75. The van der Waals surface area contributed by atoms with Gasteiger partial charge in [-0.1, -0.05) is 42.5 Å². The average Bonchev–Trinajstić information content (AvgIpc) is 2.58. The van der Waals surface area contributed by atoms with E-state index in [2.05, 4.69) is 53.7 Å². The third kappa shape index (κ3) is 7.21. The van der Waals surface area contributed by atoms with Crippen LogP contribution in [0.1, 0.15) is 25.0 Å². The number of halogens is 1. The van der Waals surface area contributed by atoms with Crippen molar-refractivity contribution in [2.24, 2.45) is 4.99 Å². The number of guanidine groups is 1. The van der Waals surface area contributed by atoms with E-state index in [0.29, 0.717) is 12.6 Å². The highest BCUT2D eigenvalue weighted by Crippen LogP contribution is 2.12. The molecule has 24 heavy (non-hydrogen) atoms. The molecule has 0 radical (unpaired) electrons. The topological polar surface area (TPSA) is 45.7 Å². The number of hydrogen-bond acceptors (Lipinski definition) is 2. The second-order valence-corrected chi connectivity index (χ2v) is 5.64. The molecule has 2 N–H and O–H groups in total. The molecule has 0 unspecified atom stereocenters. The molecule has 2 rings (SSSR count). The maximum Gasteiger partial charge on any atom is 0.191 e. The molecular weight excluding hydrogens is 413 g/mol. The number of nitrogens with one attached hydrogen (secondary N) is 2. The lowest BCUT2D eigenvalue weighted by molar-refractivity contribution is 0.306.